The largest absolute Gasteiger partial charge is 0.456 e. The number of benzene rings is 2. The van der Waals surface area contributed by atoms with Crippen LogP contribution in [0.3, 0.4) is 0 Å². The molecular weight excluding hydrogens is 591 g/mol. The van der Waals surface area contributed by atoms with E-state index in [4.69, 9.17) is 26.0 Å². The minimum absolute atomic E-state index is 0.00819. The van der Waals surface area contributed by atoms with Crippen molar-refractivity contribution in [1.82, 2.24) is 19.9 Å². The molecule has 4 N–H and O–H groups in total. The van der Waals surface area contributed by atoms with Gasteiger partial charge in [0.1, 0.15) is 23.3 Å². The van der Waals surface area contributed by atoms with Gasteiger partial charge in [-0.2, -0.15) is 21.6 Å². The highest BCUT2D eigenvalue weighted by molar-refractivity contribution is 7.85. The molecule has 41 heavy (non-hydrogen) atoms. The van der Waals surface area contributed by atoms with Gasteiger partial charge in [0, 0.05) is 31.4 Å². The molecule has 2 aromatic carbocycles. The molecule has 220 valence electrons. The van der Waals surface area contributed by atoms with Crippen LogP contribution in [-0.2, 0) is 27.6 Å². The molecular formula is C25H25ClF3N5O6S. The van der Waals surface area contributed by atoms with Gasteiger partial charge < -0.3 is 25.0 Å². The van der Waals surface area contributed by atoms with Crippen molar-refractivity contribution in [3.8, 4) is 11.5 Å². The summed E-state index contributed by atoms with van der Waals surface area (Å²) >= 11 is 6.34. The van der Waals surface area contributed by atoms with E-state index in [0.29, 0.717) is 41.9 Å². The monoisotopic (exact) mass is 615 g/mol. The first kappa shape index (κ1) is 31.6. The first-order valence-corrected chi connectivity index (χ1v) is 14.0. The molecule has 0 radical (unpaired) electrons. The van der Waals surface area contributed by atoms with Gasteiger partial charge in [-0.1, -0.05) is 17.7 Å². The summed E-state index contributed by atoms with van der Waals surface area (Å²) in [4.78, 5) is 20.2. The van der Waals surface area contributed by atoms with Crippen LogP contribution < -0.4 is 15.4 Å². The third-order valence-corrected chi connectivity index (χ3v) is 5.44. The Labute approximate surface area is 237 Å². The lowest BCUT2D eigenvalue weighted by molar-refractivity contribution is -0.137. The van der Waals surface area contributed by atoms with Gasteiger partial charge in [-0.05, 0) is 42.5 Å². The number of rotatable bonds is 9. The average Bonchev–Trinajstić information content (AvgIpc) is 3.29. The molecule has 0 spiro atoms. The zero-order valence-corrected chi connectivity index (χ0v) is 23.0. The van der Waals surface area contributed by atoms with Gasteiger partial charge in [-0.15, -0.1) is 0 Å². The Morgan fingerprint density at radius 2 is 1.88 bits per heavy atom. The highest BCUT2D eigenvalue weighted by Gasteiger charge is 2.30. The van der Waals surface area contributed by atoms with Crippen molar-refractivity contribution < 1.29 is 40.8 Å². The summed E-state index contributed by atoms with van der Waals surface area (Å²) in [6.45, 7) is 0.587. The first-order valence-electron chi connectivity index (χ1n) is 11.8. The highest BCUT2D eigenvalue weighted by Crippen LogP contribution is 2.36. The minimum atomic E-state index is -4.48. The molecule has 0 aliphatic heterocycles. The Morgan fingerprint density at radius 1 is 1.15 bits per heavy atom. The van der Waals surface area contributed by atoms with Crippen LogP contribution >= 0.6 is 11.6 Å². The number of fused-ring (bicyclic) bond motifs is 1. The molecule has 0 aliphatic carbocycles. The standard InChI is InChI=1S/C24H21ClF3N5O3.CH4O3S/c25-18-13-16(4-5-20(18)36-17-3-1-2-15(12-17)24(26,27)28)32-23-22-19(30-14-31-23)6-9-33(22)10-8-29-21(35)7-11-34;1-5(2,3)4/h1-6,9,12-14,34H,7-8,10-11H2,(H,29,35)(H,30,31,32);1H3,(H,2,3,4). The molecule has 0 saturated heterocycles. The maximum Gasteiger partial charge on any atom is 0.416 e. The van der Waals surface area contributed by atoms with Gasteiger partial charge in [0.15, 0.2) is 5.82 Å². The molecule has 0 saturated carbocycles. The molecule has 0 atom stereocenters. The number of hydrogen-bond donors (Lipinski definition) is 4. The van der Waals surface area contributed by atoms with Gasteiger partial charge in [-0.3, -0.25) is 9.35 Å². The van der Waals surface area contributed by atoms with Crippen molar-refractivity contribution in [2.75, 3.05) is 24.7 Å². The summed E-state index contributed by atoms with van der Waals surface area (Å²) in [7, 11) is -3.67. The zero-order chi connectivity index (χ0) is 30.2. The number of ether oxygens (including phenoxy) is 1. The van der Waals surface area contributed by atoms with Gasteiger partial charge in [0.25, 0.3) is 10.1 Å². The number of nitrogens with one attached hydrogen (secondary N) is 2. The third-order valence-electron chi connectivity index (χ3n) is 5.15. The lowest BCUT2D eigenvalue weighted by atomic mass is 10.2. The van der Waals surface area contributed by atoms with E-state index in [1.165, 1.54) is 18.5 Å². The molecule has 2 heterocycles. The Bertz CT molecular complexity index is 1610. The van der Waals surface area contributed by atoms with Crippen molar-refractivity contribution in [2.45, 2.75) is 19.1 Å². The van der Waals surface area contributed by atoms with Crippen molar-refractivity contribution in [3.05, 3.63) is 71.6 Å². The number of carbonyl (C=O) groups excluding carboxylic acids is 1. The second-order valence-corrected chi connectivity index (χ2v) is 10.3. The van der Waals surface area contributed by atoms with Crippen LogP contribution in [0.1, 0.15) is 12.0 Å². The fraction of sp³-hybridized carbons (Fsp3) is 0.240. The second kappa shape index (κ2) is 13.6. The fourth-order valence-corrected chi connectivity index (χ4v) is 3.70. The van der Waals surface area contributed by atoms with Crippen molar-refractivity contribution in [3.63, 3.8) is 0 Å². The number of aliphatic hydroxyl groups excluding tert-OH is 1. The number of halogens is 4. The predicted octanol–water partition coefficient (Wildman–Crippen LogP) is 4.64. The second-order valence-electron chi connectivity index (χ2n) is 8.42. The lowest BCUT2D eigenvalue weighted by Crippen LogP contribution is -2.27. The van der Waals surface area contributed by atoms with E-state index >= 15 is 0 Å². The summed E-state index contributed by atoms with van der Waals surface area (Å²) in [5.74, 6) is 0.449. The van der Waals surface area contributed by atoms with E-state index in [1.807, 2.05) is 16.8 Å². The Balaban J connectivity index is 0.000000850. The Kier molecular flexibility index (Phi) is 10.5. The number of aliphatic hydroxyl groups is 1. The van der Waals surface area contributed by atoms with Crippen molar-refractivity contribution in [1.29, 1.82) is 0 Å². The maximum absolute atomic E-state index is 13.0. The van der Waals surface area contributed by atoms with Crippen LogP contribution in [0.25, 0.3) is 11.0 Å². The summed E-state index contributed by atoms with van der Waals surface area (Å²) in [6.07, 6.45) is -0.501. The van der Waals surface area contributed by atoms with Gasteiger partial charge in [-0.25, -0.2) is 9.97 Å². The van der Waals surface area contributed by atoms with Crippen molar-refractivity contribution >= 4 is 50.2 Å². The van der Waals surface area contributed by atoms with Crippen LogP contribution in [0.5, 0.6) is 11.5 Å². The zero-order valence-electron chi connectivity index (χ0n) is 21.4. The van der Waals surface area contributed by atoms with E-state index in [9.17, 15) is 26.4 Å². The number of alkyl halides is 3. The lowest BCUT2D eigenvalue weighted by Gasteiger charge is -2.13. The molecule has 4 rings (SSSR count). The van der Waals surface area contributed by atoms with E-state index in [0.717, 1.165) is 12.1 Å². The molecule has 16 heteroatoms. The molecule has 2 aromatic heterocycles. The van der Waals surface area contributed by atoms with Crippen molar-refractivity contribution in [2.24, 2.45) is 0 Å². The number of anilines is 2. The third kappa shape index (κ3) is 9.89. The number of amides is 1. The summed E-state index contributed by atoms with van der Waals surface area (Å²) in [5, 5.41) is 14.9. The van der Waals surface area contributed by atoms with E-state index in [1.54, 1.807) is 18.2 Å². The summed E-state index contributed by atoms with van der Waals surface area (Å²) in [5.41, 5.74) is 1.14. The molecule has 4 aromatic rings. The highest BCUT2D eigenvalue weighted by atomic mass is 35.5. The normalized spacial score (nSPS) is 11.5. The minimum Gasteiger partial charge on any atom is -0.456 e. The van der Waals surface area contributed by atoms with E-state index in [2.05, 4.69) is 20.6 Å². The summed E-state index contributed by atoms with van der Waals surface area (Å²) < 4.78 is 72.2. The number of carbonyl (C=O) groups is 1. The Morgan fingerprint density at radius 3 is 2.54 bits per heavy atom. The summed E-state index contributed by atoms with van der Waals surface area (Å²) in [6, 6.07) is 11.1. The van der Waals surface area contributed by atoms with Crippen LogP contribution in [0.2, 0.25) is 5.02 Å². The van der Waals surface area contributed by atoms with Gasteiger partial charge in [0.05, 0.1) is 29.0 Å². The number of hydrogen-bond acceptors (Lipinski definition) is 8. The Hall–Kier alpha value is -3.92. The quantitative estimate of drug-likeness (QED) is 0.197. The van der Waals surface area contributed by atoms with Gasteiger partial charge >= 0.3 is 6.18 Å². The van der Waals surface area contributed by atoms with Crippen LogP contribution in [0, 0.1) is 0 Å². The first-order chi connectivity index (χ1) is 19.2. The maximum atomic E-state index is 13.0. The van der Waals surface area contributed by atoms with Crippen LogP contribution in [-0.4, -0.2) is 57.9 Å². The van der Waals surface area contributed by atoms with E-state index < -0.39 is 21.9 Å². The van der Waals surface area contributed by atoms with Crippen LogP contribution in [0.4, 0.5) is 24.7 Å². The smallest absolute Gasteiger partial charge is 0.416 e. The molecule has 0 bridgehead atoms. The topological polar surface area (TPSA) is 156 Å². The predicted molar refractivity (Wildman–Crippen MR) is 146 cm³/mol. The molecule has 11 nitrogen and oxygen atoms in total. The average molecular weight is 616 g/mol. The number of nitrogens with zero attached hydrogens (tertiary/aromatic N) is 3. The molecule has 0 unspecified atom stereocenters. The van der Waals surface area contributed by atoms with E-state index in [-0.39, 0.29) is 35.5 Å². The number of aromatic nitrogens is 3. The SMILES string of the molecule is CS(=O)(=O)O.O=C(CCO)NCCn1ccc2ncnc(Nc3ccc(Oc4cccc(C(F)(F)F)c4)c(Cl)c3)c21. The van der Waals surface area contributed by atoms with Crippen LogP contribution in [0.15, 0.2) is 61.1 Å². The molecule has 0 fully saturated rings. The molecule has 0 aliphatic rings. The fourth-order valence-electron chi connectivity index (χ4n) is 3.48. The van der Waals surface area contributed by atoms with Gasteiger partial charge in [0.2, 0.25) is 5.91 Å². The molecule has 1 amide bonds.